The molecule has 0 amide bonds. The maximum Gasteiger partial charge on any atom is 0.0953 e. The Hall–Kier alpha value is -1.44. The Labute approximate surface area is 105 Å². The molecule has 0 heterocycles. The number of hydrogen-bond acceptors (Lipinski definition) is 2. The summed E-state index contributed by atoms with van der Waals surface area (Å²) in [6.45, 7) is 9.88. The average Bonchev–Trinajstić information content (AvgIpc) is 2.36. The van der Waals surface area contributed by atoms with E-state index in [1.54, 1.807) is 6.08 Å². The summed E-state index contributed by atoms with van der Waals surface area (Å²) in [6.07, 6.45) is 1.78. The van der Waals surface area contributed by atoms with Crippen LogP contribution in [0, 0.1) is 5.41 Å². The third-order valence-corrected chi connectivity index (χ3v) is 3.06. The highest BCUT2D eigenvalue weighted by atomic mass is 16.3. The lowest BCUT2D eigenvalue weighted by atomic mass is 9.89. The molecule has 2 nitrogen and oxygen atoms in total. The van der Waals surface area contributed by atoms with Gasteiger partial charge in [0.1, 0.15) is 0 Å². The maximum absolute atomic E-state index is 9.91. The highest BCUT2D eigenvalue weighted by Crippen LogP contribution is 2.27. The van der Waals surface area contributed by atoms with Crippen molar-refractivity contribution >= 4 is 5.69 Å². The number of allylic oxidation sites excluding steroid dienone is 1. The topological polar surface area (TPSA) is 23.5 Å². The second-order valence-electron chi connectivity index (χ2n) is 4.91. The molecule has 2 heteroatoms. The van der Waals surface area contributed by atoms with Crippen molar-refractivity contribution in [3.05, 3.63) is 42.2 Å². The van der Waals surface area contributed by atoms with Gasteiger partial charge >= 0.3 is 0 Å². The van der Waals surface area contributed by atoms with Gasteiger partial charge in [-0.1, -0.05) is 32.0 Å². The third kappa shape index (κ3) is 3.52. The SMILES string of the molecule is C/C=C(/O)C(C)(C)CN(CC)c1ccccc1. The summed E-state index contributed by atoms with van der Waals surface area (Å²) in [7, 11) is 0. The van der Waals surface area contributed by atoms with E-state index in [0.717, 1.165) is 13.1 Å². The fourth-order valence-electron chi connectivity index (χ4n) is 1.97. The fraction of sp³-hybridized carbons (Fsp3) is 0.467. The van der Waals surface area contributed by atoms with E-state index in [9.17, 15) is 5.11 Å². The van der Waals surface area contributed by atoms with Gasteiger partial charge in [0.15, 0.2) is 0 Å². The molecule has 0 aliphatic rings. The second-order valence-corrected chi connectivity index (χ2v) is 4.91. The van der Waals surface area contributed by atoms with Crippen molar-refractivity contribution in [2.24, 2.45) is 5.41 Å². The van der Waals surface area contributed by atoms with Crippen molar-refractivity contribution in [1.29, 1.82) is 0 Å². The standard InChI is InChI=1S/C15H23NO/c1-5-14(17)15(3,4)12-16(6-2)13-10-8-7-9-11-13/h5,7-11,17H,6,12H2,1-4H3/b14-5+. The van der Waals surface area contributed by atoms with E-state index in [1.807, 2.05) is 25.1 Å². The highest BCUT2D eigenvalue weighted by Gasteiger charge is 2.25. The molecule has 0 spiro atoms. The van der Waals surface area contributed by atoms with Gasteiger partial charge in [-0.3, -0.25) is 0 Å². The van der Waals surface area contributed by atoms with Crippen LogP contribution < -0.4 is 4.90 Å². The first-order chi connectivity index (χ1) is 8.01. The molecular weight excluding hydrogens is 210 g/mol. The number of rotatable bonds is 5. The summed E-state index contributed by atoms with van der Waals surface area (Å²) in [4.78, 5) is 2.28. The number of hydrogen-bond donors (Lipinski definition) is 1. The van der Waals surface area contributed by atoms with Crippen LogP contribution in [0.4, 0.5) is 5.69 Å². The van der Waals surface area contributed by atoms with Crippen LogP contribution in [0.2, 0.25) is 0 Å². The van der Waals surface area contributed by atoms with Gasteiger partial charge < -0.3 is 10.0 Å². The molecule has 17 heavy (non-hydrogen) atoms. The summed E-state index contributed by atoms with van der Waals surface area (Å²) in [5, 5.41) is 9.91. The van der Waals surface area contributed by atoms with Crippen LogP contribution in [0.15, 0.2) is 42.2 Å². The first-order valence-electron chi connectivity index (χ1n) is 6.17. The van der Waals surface area contributed by atoms with E-state index in [4.69, 9.17) is 0 Å². The summed E-state index contributed by atoms with van der Waals surface area (Å²) < 4.78 is 0. The van der Waals surface area contributed by atoms with Crippen LogP contribution >= 0.6 is 0 Å². The minimum Gasteiger partial charge on any atom is -0.512 e. The zero-order valence-electron chi connectivity index (χ0n) is 11.3. The number of anilines is 1. The molecule has 0 aliphatic heterocycles. The Morgan fingerprint density at radius 2 is 1.88 bits per heavy atom. The molecule has 0 fully saturated rings. The van der Waals surface area contributed by atoms with E-state index in [0.29, 0.717) is 5.76 Å². The molecule has 0 saturated carbocycles. The number of aliphatic hydroxyl groups excluding tert-OH is 1. The fourth-order valence-corrected chi connectivity index (χ4v) is 1.97. The third-order valence-electron chi connectivity index (χ3n) is 3.06. The van der Waals surface area contributed by atoms with Crippen LogP contribution in [0.25, 0.3) is 0 Å². The van der Waals surface area contributed by atoms with Crippen LogP contribution in [0.1, 0.15) is 27.7 Å². The molecule has 1 aromatic rings. The van der Waals surface area contributed by atoms with E-state index in [2.05, 4.69) is 37.8 Å². The summed E-state index contributed by atoms with van der Waals surface area (Å²) in [6, 6.07) is 10.3. The van der Waals surface area contributed by atoms with E-state index >= 15 is 0 Å². The van der Waals surface area contributed by atoms with Crippen molar-refractivity contribution in [2.45, 2.75) is 27.7 Å². The summed E-state index contributed by atoms with van der Waals surface area (Å²) >= 11 is 0. The van der Waals surface area contributed by atoms with Gasteiger partial charge in [-0.15, -0.1) is 0 Å². The van der Waals surface area contributed by atoms with Gasteiger partial charge in [-0.2, -0.15) is 0 Å². The van der Waals surface area contributed by atoms with Crippen molar-refractivity contribution < 1.29 is 5.11 Å². The van der Waals surface area contributed by atoms with Gasteiger partial charge in [0.05, 0.1) is 5.76 Å². The number of aliphatic hydroxyl groups is 1. The molecule has 0 aromatic heterocycles. The minimum absolute atomic E-state index is 0.222. The van der Waals surface area contributed by atoms with Crippen molar-refractivity contribution in [2.75, 3.05) is 18.0 Å². The molecule has 94 valence electrons. The smallest absolute Gasteiger partial charge is 0.0953 e. The van der Waals surface area contributed by atoms with E-state index in [1.165, 1.54) is 5.69 Å². The van der Waals surface area contributed by atoms with Crippen molar-refractivity contribution in [1.82, 2.24) is 0 Å². The molecular formula is C15H23NO. The molecule has 0 unspecified atom stereocenters. The zero-order valence-corrected chi connectivity index (χ0v) is 11.3. The lowest BCUT2D eigenvalue weighted by Crippen LogP contribution is -2.35. The Bertz CT molecular complexity index is 368. The van der Waals surface area contributed by atoms with Crippen molar-refractivity contribution in [3.63, 3.8) is 0 Å². The number of nitrogens with zero attached hydrogens (tertiary/aromatic N) is 1. The molecule has 0 saturated heterocycles. The molecule has 0 atom stereocenters. The Kier molecular flexibility index (Phi) is 4.62. The maximum atomic E-state index is 9.91. The van der Waals surface area contributed by atoms with E-state index < -0.39 is 0 Å². The van der Waals surface area contributed by atoms with Crippen LogP contribution in [0.5, 0.6) is 0 Å². The van der Waals surface area contributed by atoms with Gasteiger partial charge in [-0.05, 0) is 32.1 Å². The van der Waals surface area contributed by atoms with Gasteiger partial charge in [0.25, 0.3) is 0 Å². The van der Waals surface area contributed by atoms with Crippen LogP contribution in [-0.4, -0.2) is 18.2 Å². The second kappa shape index (κ2) is 5.76. The van der Waals surface area contributed by atoms with Crippen LogP contribution in [0.3, 0.4) is 0 Å². The van der Waals surface area contributed by atoms with Gasteiger partial charge in [0.2, 0.25) is 0 Å². The average molecular weight is 233 g/mol. The normalized spacial score (nSPS) is 12.6. The van der Waals surface area contributed by atoms with Crippen molar-refractivity contribution in [3.8, 4) is 0 Å². The molecule has 0 bridgehead atoms. The Morgan fingerprint density at radius 1 is 1.29 bits per heavy atom. The first-order valence-corrected chi connectivity index (χ1v) is 6.17. The monoisotopic (exact) mass is 233 g/mol. The van der Waals surface area contributed by atoms with Crippen LogP contribution in [-0.2, 0) is 0 Å². The minimum atomic E-state index is -0.222. The Morgan fingerprint density at radius 3 is 2.35 bits per heavy atom. The van der Waals surface area contributed by atoms with Gasteiger partial charge in [-0.25, -0.2) is 0 Å². The lowest BCUT2D eigenvalue weighted by molar-refractivity contribution is 0.259. The highest BCUT2D eigenvalue weighted by molar-refractivity contribution is 5.46. The molecule has 0 aliphatic carbocycles. The number of para-hydroxylation sites is 1. The summed E-state index contributed by atoms with van der Waals surface area (Å²) in [5.41, 5.74) is 0.979. The quantitative estimate of drug-likeness (QED) is 0.777. The largest absolute Gasteiger partial charge is 0.512 e. The predicted molar refractivity (Wildman–Crippen MR) is 74.5 cm³/mol. The zero-order chi connectivity index (χ0) is 12.9. The molecule has 1 N–H and O–H groups in total. The molecule has 0 radical (unpaired) electrons. The van der Waals surface area contributed by atoms with E-state index in [-0.39, 0.29) is 5.41 Å². The first kappa shape index (κ1) is 13.6. The van der Waals surface area contributed by atoms with Gasteiger partial charge in [0, 0.05) is 24.2 Å². The predicted octanol–water partition coefficient (Wildman–Crippen LogP) is 4.00. The number of benzene rings is 1. The Balaban J connectivity index is 2.85. The molecule has 1 aromatic carbocycles. The lowest BCUT2D eigenvalue weighted by Gasteiger charge is -2.33. The summed E-state index contributed by atoms with van der Waals surface area (Å²) in [5.74, 6) is 0.451. The molecule has 1 rings (SSSR count).